The second-order valence-electron chi connectivity index (χ2n) is 4.35. The van der Waals surface area contributed by atoms with Crippen LogP contribution < -0.4 is 5.56 Å². The predicted octanol–water partition coefficient (Wildman–Crippen LogP) is 0.793. The molecule has 0 aliphatic rings. The van der Waals surface area contributed by atoms with Crippen LogP contribution in [0.3, 0.4) is 0 Å². The molecule has 3 aromatic heterocycles. The minimum atomic E-state index is -1.11. The fourth-order valence-electron chi connectivity index (χ4n) is 1.87. The molecule has 3 rings (SSSR count). The smallest absolute Gasteiger partial charge is 0.356 e. The Kier molecular flexibility index (Phi) is 2.60. The summed E-state index contributed by atoms with van der Waals surface area (Å²) in [5, 5.41) is 8.89. The predicted molar refractivity (Wildman–Crippen MR) is 70.6 cm³/mol. The third kappa shape index (κ3) is 1.95. The molecule has 3 aromatic rings. The largest absolute Gasteiger partial charge is 0.476 e. The summed E-state index contributed by atoms with van der Waals surface area (Å²) in [5.41, 5.74) is 1.23. The second-order valence-corrected chi connectivity index (χ2v) is 4.35. The number of imidazole rings is 1. The number of pyridine rings is 1. The number of fused-ring (bicyclic) bond motifs is 1. The minimum absolute atomic E-state index is 0.0707. The SMILES string of the molecule is Cn1ccc(-c2cnc3nc(C(=O)O)cn3c2)cc1=O. The number of nitrogens with zero attached hydrogens (tertiary/aromatic N) is 4. The van der Waals surface area contributed by atoms with Gasteiger partial charge in [0.1, 0.15) is 0 Å². The van der Waals surface area contributed by atoms with Crippen molar-refractivity contribution in [1.29, 1.82) is 0 Å². The summed E-state index contributed by atoms with van der Waals surface area (Å²) in [6.45, 7) is 0. The molecule has 0 spiro atoms. The summed E-state index contributed by atoms with van der Waals surface area (Å²) in [6, 6.07) is 3.29. The van der Waals surface area contributed by atoms with E-state index >= 15 is 0 Å². The van der Waals surface area contributed by atoms with E-state index in [2.05, 4.69) is 9.97 Å². The van der Waals surface area contributed by atoms with Crippen molar-refractivity contribution < 1.29 is 9.90 Å². The van der Waals surface area contributed by atoms with Crippen LogP contribution in [0, 0.1) is 0 Å². The van der Waals surface area contributed by atoms with Gasteiger partial charge in [-0.2, -0.15) is 0 Å². The second kappa shape index (κ2) is 4.30. The summed E-state index contributed by atoms with van der Waals surface area (Å²) in [4.78, 5) is 30.4. The van der Waals surface area contributed by atoms with Gasteiger partial charge in [-0.15, -0.1) is 0 Å². The monoisotopic (exact) mass is 270 g/mol. The van der Waals surface area contributed by atoms with Crippen LogP contribution in [-0.4, -0.2) is 30.0 Å². The molecule has 1 N–H and O–H groups in total. The molecular weight excluding hydrogens is 260 g/mol. The number of carboxylic acids is 1. The van der Waals surface area contributed by atoms with Gasteiger partial charge in [-0.3, -0.25) is 9.20 Å². The van der Waals surface area contributed by atoms with Crippen LogP contribution in [0.5, 0.6) is 0 Å². The lowest BCUT2D eigenvalue weighted by molar-refractivity contribution is 0.0691. The molecule has 0 radical (unpaired) electrons. The van der Waals surface area contributed by atoms with Crippen LogP contribution in [0.15, 0.2) is 41.7 Å². The summed E-state index contributed by atoms with van der Waals surface area (Å²) < 4.78 is 2.99. The van der Waals surface area contributed by atoms with Crippen molar-refractivity contribution in [3.05, 3.63) is 53.0 Å². The van der Waals surface area contributed by atoms with Gasteiger partial charge in [0.15, 0.2) is 5.69 Å². The maximum absolute atomic E-state index is 11.6. The number of aromatic nitrogens is 4. The van der Waals surface area contributed by atoms with E-state index in [1.165, 1.54) is 21.2 Å². The molecule has 0 saturated carbocycles. The van der Waals surface area contributed by atoms with E-state index in [-0.39, 0.29) is 11.3 Å². The van der Waals surface area contributed by atoms with Crippen molar-refractivity contribution in [3.8, 4) is 11.1 Å². The van der Waals surface area contributed by atoms with Gasteiger partial charge in [0.05, 0.1) is 0 Å². The molecule has 100 valence electrons. The highest BCUT2D eigenvalue weighted by Crippen LogP contribution is 2.16. The molecule has 20 heavy (non-hydrogen) atoms. The molecule has 0 unspecified atom stereocenters. The minimum Gasteiger partial charge on any atom is -0.476 e. The number of carboxylic acid groups (broad SMARTS) is 1. The molecule has 0 aromatic carbocycles. The zero-order valence-corrected chi connectivity index (χ0v) is 10.5. The average Bonchev–Trinajstić information content (AvgIpc) is 2.85. The van der Waals surface area contributed by atoms with Gasteiger partial charge in [0.25, 0.3) is 5.56 Å². The lowest BCUT2D eigenvalue weighted by Gasteiger charge is -2.03. The van der Waals surface area contributed by atoms with Crippen LogP contribution in [-0.2, 0) is 7.05 Å². The third-order valence-corrected chi connectivity index (χ3v) is 2.97. The number of carbonyl (C=O) groups is 1. The van der Waals surface area contributed by atoms with Crippen molar-refractivity contribution in [2.75, 3.05) is 0 Å². The number of hydrogen-bond acceptors (Lipinski definition) is 4. The van der Waals surface area contributed by atoms with Gasteiger partial charge < -0.3 is 9.67 Å². The van der Waals surface area contributed by atoms with Gasteiger partial charge in [-0.1, -0.05) is 0 Å². The highest BCUT2D eigenvalue weighted by atomic mass is 16.4. The van der Waals surface area contributed by atoms with Gasteiger partial charge >= 0.3 is 5.97 Å². The molecule has 7 nitrogen and oxygen atoms in total. The average molecular weight is 270 g/mol. The Bertz CT molecular complexity index is 879. The first-order chi connectivity index (χ1) is 9.54. The topological polar surface area (TPSA) is 89.5 Å². The lowest BCUT2D eigenvalue weighted by Crippen LogP contribution is -2.14. The first-order valence-corrected chi connectivity index (χ1v) is 5.80. The number of aryl methyl sites for hydroxylation is 1. The maximum Gasteiger partial charge on any atom is 0.356 e. The van der Waals surface area contributed by atoms with E-state index in [1.807, 2.05) is 0 Å². The Labute approximate surface area is 112 Å². The summed E-state index contributed by atoms with van der Waals surface area (Å²) >= 11 is 0. The molecule has 0 fully saturated rings. The fraction of sp³-hybridized carbons (Fsp3) is 0.0769. The van der Waals surface area contributed by atoms with Crippen LogP contribution in [0.25, 0.3) is 16.9 Å². The van der Waals surface area contributed by atoms with Crippen molar-refractivity contribution >= 4 is 11.7 Å². The van der Waals surface area contributed by atoms with Crippen molar-refractivity contribution in [2.24, 2.45) is 7.05 Å². The highest BCUT2D eigenvalue weighted by Gasteiger charge is 2.10. The first-order valence-electron chi connectivity index (χ1n) is 5.80. The third-order valence-electron chi connectivity index (χ3n) is 2.97. The van der Waals surface area contributed by atoms with E-state index in [1.54, 1.807) is 31.7 Å². The molecular formula is C13H10N4O3. The molecule has 7 heteroatoms. The Hall–Kier alpha value is -2.96. The van der Waals surface area contributed by atoms with Crippen molar-refractivity contribution in [3.63, 3.8) is 0 Å². The van der Waals surface area contributed by atoms with E-state index in [9.17, 15) is 9.59 Å². The normalized spacial score (nSPS) is 10.8. The van der Waals surface area contributed by atoms with Gasteiger partial charge in [-0.05, 0) is 11.6 Å². The Morgan fingerprint density at radius 2 is 2.10 bits per heavy atom. The Morgan fingerprint density at radius 3 is 2.80 bits per heavy atom. The maximum atomic E-state index is 11.6. The Balaban J connectivity index is 2.14. The van der Waals surface area contributed by atoms with Crippen molar-refractivity contribution in [1.82, 2.24) is 18.9 Å². The quantitative estimate of drug-likeness (QED) is 0.743. The molecule has 3 heterocycles. The fourth-order valence-corrected chi connectivity index (χ4v) is 1.87. The zero-order valence-electron chi connectivity index (χ0n) is 10.5. The molecule has 0 aliphatic carbocycles. The standard InChI is InChI=1S/C13H10N4O3/c1-16-3-2-8(4-11(16)18)9-5-14-13-15-10(12(19)20)7-17(13)6-9/h2-7H,1H3,(H,19,20). The van der Waals surface area contributed by atoms with Gasteiger partial charge in [0.2, 0.25) is 5.78 Å². The Morgan fingerprint density at radius 1 is 1.30 bits per heavy atom. The van der Waals surface area contributed by atoms with Crippen LogP contribution in [0.2, 0.25) is 0 Å². The van der Waals surface area contributed by atoms with Crippen molar-refractivity contribution in [2.45, 2.75) is 0 Å². The zero-order chi connectivity index (χ0) is 14.3. The van der Waals surface area contributed by atoms with E-state index < -0.39 is 5.97 Å². The first kappa shape index (κ1) is 12.1. The van der Waals surface area contributed by atoms with Crippen LogP contribution in [0.1, 0.15) is 10.5 Å². The summed E-state index contributed by atoms with van der Waals surface area (Å²) in [6.07, 6.45) is 6.30. The molecule has 0 bridgehead atoms. The number of aromatic carboxylic acids is 1. The highest BCUT2D eigenvalue weighted by molar-refractivity contribution is 5.85. The summed E-state index contributed by atoms with van der Waals surface area (Å²) in [7, 11) is 1.67. The summed E-state index contributed by atoms with van der Waals surface area (Å²) in [5.74, 6) is -0.805. The van der Waals surface area contributed by atoms with Crippen LogP contribution in [0.4, 0.5) is 0 Å². The molecule has 0 atom stereocenters. The molecule has 0 aliphatic heterocycles. The number of rotatable bonds is 2. The number of hydrogen-bond donors (Lipinski definition) is 1. The molecule has 0 saturated heterocycles. The molecule has 0 amide bonds. The van der Waals surface area contributed by atoms with E-state index in [0.717, 1.165) is 0 Å². The van der Waals surface area contributed by atoms with E-state index in [0.29, 0.717) is 16.9 Å². The van der Waals surface area contributed by atoms with Gasteiger partial charge in [-0.25, -0.2) is 14.8 Å². The van der Waals surface area contributed by atoms with Gasteiger partial charge in [0, 0.05) is 43.5 Å². The van der Waals surface area contributed by atoms with Crippen LogP contribution >= 0.6 is 0 Å². The lowest BCUT2D eigenvalue weighted by atomic mass is 10.1. The van der Waals surface area contributed by atoms with E-state index in [4.69, 9.17) is 5.11 Å².